The predicted molar refractivity (Wildman–Crippen MR) is 105 cm³/mol. The Kier molecular flexibility index (Phi) is 5.23. The number of hydrogen-bond donors (Lipinski definition) is 1. The molecule has 4 rings (SSSR count). The first-order valence-electron chi connectivity index (χ1n) is 9.54. The average molecular weight is 470 g/mol. The highest BCUT2D eigenvalue weighted by Gasteiger charge is 2.63. The normalized spacial score (nSPS) is 19.2. The molecule has 2 aromatic heterocycles. The summed E-state index contributed by atoms with van der Waals surface area (Å²) in [7, 11) is 0. The fourth-order valence-corrected chi connectivity index (χ4v) is 3.28. The van der Waals surface area contributed by atoms with Crippen molar-refractivity contribution in [2.45, 2.75) is 38.3 Å². The van der Waals surface area contributed by atoms with E-state index in [9.17, 15) is 31.4 Å². The zero-order valence-electron chi connectivity index (χ0n) is 17.2. The van der Waals surface area contributed by atoms with E-state index in [1.807, 2.05) is 0 Å². The second-order valence-corrected chi connectivity index (χ2v) is 7.56. The number of nitrogens with zero attached hydrogens (tertiary/aromatic N) is 4. The van der Waals surface area contributed by atoms with E-state index in [0.717, 1.165) is 11.1 Å². The molecular weight excluding hydrogens is 454 g/mol. The lowest BCUT2D eigenvalue weighted by molar-refractivity contribution is -0.254. The number of benzene rings is 1. The number of rotatable bonds is 3. The molecule has 0 spiro atoms. The predicted octanol–water partition coefficient (Wildman–Crippen LogP) is 5.24. The molecule has 33 heavy (non-hydrogen) atoms. The van der Waals surface area contributed by atoms with Crippen molar-refractivity contribution in [3.8, 4) is 11.5 Å². The second kappa shape index (κ2) is 7.58. The molecule has 1 aromatic carbocycles. The molecule has 12 heteroatoms. The Morgan fingerprint density at radius 2 is 1.73 bits per heavy atom. The van der Waals surface area contributed by atoms with Crippen molar-refractivity contribution in [1.82, 2.24) is 9.97 Å². The minimum Gasteiger partial charge on any atom is -0.463 e. The molecule has 0 saturated heterocycles. The molecule has 0 fully saturated rings. The number of aromatic nitrogens is 2. The van der Waals surface area contributed by atoms with Gasteiger partial charge in [-0.2, -0.15) is 36.5 Å². The lowest BCUT2D eigenvalue weighted by Crippen LogP contribution is -2.55. The summed E-state index contributed by atoms with van der Waals surface area (Å²) in [4.78, 5) is 7.04. The van der Waals surface area contributed by atoms with Gasteiger partial charge in [-0.05, 0) is 54.8 Å². The Hall–Kier alpha value is -3.41. The SMILES string of the molecule is Cc1ccc(C2=NN(c3nc(-c4ccco4)cc(C(F)(F)F)n3)C(O)(C(F)(F)F)C2)cc1C. The van der Waals surface area contributed by atoms with E-state index < -0.39 is 41.8 Å². The standard InChI is InChI=1S/C21H16F6N4O2/c1-11-5-6-13(8-12(11)2)15-10-19(32,21(25,26)27)31(30-15)18-28-14(16-4-3-7-33-16)9-17(29-18)20(22,23)24/h3-9,32H,10H2,1-2H3. The van der Waals surface area contributed by atoms with Crippen molar-refractivity contribution in [2.24, 2.45) is 5.10 Å². The summed E-state index contributed by atoms with van der Waals surface area (Å²) in [5, 5.41) is 14.4. The van der Waals surface area contributed by atoms with Gasteiger partial charge in [0.25, 0.3) is 5.72 Å². The third-order valence-corrected chi connectivity index (χ3v) is 5.25. The average Bonchev–Trinajstić information content (AvgIpc) is 3.37. The number of anilines is 1. The van der Waals surface area contributed by atoms with Gasteiger partial charge in [0.05, 0.1) is 18.4 Å². The first kappa shape index (κ1) is 22.8. The number of hydrogen-bond acceptors (Lipinski definition) is 6. The molecule has 1 atom stereocenters. The maximum absolute atomic E-state index is 14.0. The van der Waals surface area contributed by atoms with Gasteiger partial charge in [-0.15, -0.1) is 0 Å². The van der Waals surface area contributed by atoms with Gasteiger partial charge in [-0.3, -0.25) is 0 Å². The highest BCUT2D eigenvalue weighted by molar-refractivity contribution is 6.03. The van der Waals surface area contributed by atoms with Crippen LogP contribution in [0, 0.1) is 13.8 Å². The van der Waals surface area contributed by atoms with E-state index in [1.54, 1.807) is 26.0 Å². The van der Waals surface area contributed by atoms with Gasteiger partial charge >= 0.3 is 12.4 Å². The maximum Gasteiger partial charge on any atom is 0.438 e. The van der Waals surface area contributed by atoms with Gasteiger partial charge in [0.2, 0.25) is 5.95 Å². The van der Waals surface area contributed by atoms with E-state index in [2.05, 4.69) is 15.1 Å². The lowest BCUT2D eigenvalue weighted by Gasteiger charge is -2.32. The van der Waals surface area contributed by atoms with Crippen LogP contribution in [-0.4, -0.2) is 32.7 Å². The van der Waals surface area contributed by atoms with Crippen LogP contribution in [0.1, 0.15) is 28.8 Å². The summed E-state index contributed by atoms with van der Waals surface area (Å²) in [5.74, 6) is -1.20. The zero-order chi connectivity index (χ0) is 24.2. The number of alkyl halides is 6. The van der Waals surface area contributed by atoms with Crippen LogP contribution in [0.5, 0.6) is 0 Å². The van der Waals surface area contributed by atoms with E-state index in [-0.39, 0.29) is 22.0 Å². The smallest absolute Gasteiger partial charge is 0.438 e. The van der Waals surface area contributed by atoms with Gasteiger partial charge in [0.1, 0.15) is 5.69 Å². The highest BCUT2D eigenvalue weighted by atomic mass is 19.4. The van der Waals surface area contributed by atoms with Crippen LogP contribution in [-0.2, 0) is 6.18 Å². The second-order valence-electron chi connectivity index (χ2n) is 7.56. The molecule has 1 N–H and O–H groups in total. The van der Waals surface area contributed by atoms with E-state index in [4.69, 9.17) is 4.42 Å². The number of halogens is 6. The Morgan fingerprint density at radius 3 is 2.30 bits per heavy atom. The monoisotopic (exact) mass is 470 g/mol. The van der Waals surface area contributed by atoms with Gasteiger partial charge in [0.15, 0.2) is 11.5 Å². The zero-order valence-corrected chi connectivity index (χ0v) is 17.2. The van der Waals surface area contributed by atoms with Gasteiger partial charge < -0.3 is 9.52 Å². The lowest BCUT2D eigenvalue weighted by atomic mass is 9.98. The molecule has 3 aromatic rings. The Bertz CT molecular complexity index is 1220. The molecule has 0 saturated carbocycles. The Morgan fingerprint density at radius 1 is 1.00 bits per heavy atom. The van der Waals surface area contributed by atoms with Crippen molar-refractivity contribution in [3.63, 3.8) is 0 Å². The molecule has 0 aliphatic carbocycles. The number of furan rings is 1. The molecule has 0 radical (unpaired) electrons. The third kappa shape index (κ3) is 4.06. The summed E-state index contributed by atoms with van der Waals surface area (Å²) in [5.41, 5.74) is -3.86. The quantitative estimate of drug-likeness (QED) is 0.530. The highest BCUT2D eigenvalue weighted by Crippen LogP contribution is 2.44. The Balaban J connectivity index is 1.90. The summed E-state index contributed by atoms with van der Waals surface area (Å²) in [6.07, 6.45) is -10.2. The van der Waals surface area contributed by atoms with E-state index in [1.165, 1.54) is 24.5 Å². The third-order valence-electron chi connectivity index (χ3n) is 5.25. The van der Waals surface area contributed by atoms with E-state index in [0.29, 0.717) is 6.07 Å². The van der Waals surface area contributed by atoms with Crippen molar-refractivity contribution in [1.29, 1.82) is 0 Å². The van der Waals surface area contributed by atoms with Crippen LogP contribution in [0.3, 0.4) is 0 Å². The fraction of sp³-hybridized carbons (Fsp3) is 0.286. The van der Waals surface area contributed by atoms with Gasteiger partial charge in [-0.25, -0.2) is 9.97 Å². The number of aryl methyl sites for hydroxylation is 2. The summed E-state index contributed by atoms with van der Waals surface area (Å²) in [6, 6.07) is 7.97. The summed E-state index contributed by atoms with van der Waals surface area (Å²) >= 11 is 0. The van der Waals surface area contributed by atoms with Crippen LogP contribution in [0.2, 0.25) is 0 Å². The fourth-order valence-electron chi connectivity index (χ4n) is 3.28. The molecule has 6 nitrogen and oxygen atoms in total. The molecule has 1 aliphatic heterocycles. The van der Waals surface area contributed by atoms with Crippen LogP contribution in [0.15, 0.2) is 52.2 Å². The first-order valence-corrected chi connectivity index (χ1v) is 9.54. The van der Waals surface area contributed by atoms with Crippen LogP contribution in [0.25, 0.3) is 11.5 Å². The number of hydrazone groups is 1. The van der Waals surface area contributed by atoms with Gasteiger partial charge in [0, 0.05) is 0 Å². The number of aliphatic hydroxyl groups is 1. The van der Waals surface area contributed by atoms with Crippen LogP contribution < -0.4 is 5.01 Å². The summed E-state index contributed by atoms with van der Waals surface area (Å²) < 4.78 is 87.3. The van der Waals surface area contributed by atoms with Crippen LogP contribution >= 0.6 is 0 Å². The summed E-state index contributed by atoms with van der Waals surface area (Å²) in [6.45, 7) is 3.55. The first-order chi connectivity index (χ1) is 15.3. The molecule has 1 unspecified atom stereocenters. The molecule has 0 bridgehead atoms. The topological polar surface area (TPSA) is 74.8 Å². The minimum atomic E-state index is -5.29. The van der Waals surface area contributed by atoms with Crippen LogP contribution in [0.4, 0.5) is 32.3 Å². The molecule has 174 valence electrons. The minimum absolute atomic E-state index is 0.0147. The molecule has 3 heterocycles. The van der Waals surface area contributed by atoms with Gasteiger partial charge in [-0.1, -0.05) is 12.1 Å². The van der Waals surface area contributed by atoms with Crippen molar-refractivity contribution in [3.05, 3.63) is 65.0 Å². The van der Waals surface area contributed by atoms with Crippen molar-refractivity contribution in [2.75, 3.05) is 5.01 Å². The van der Waals surface area contributed by atoms with Crippen molar-refractivity contribution < 1.29 is 35.9 Å². The molecular formula is C21H16F6N4O2. The largest absolute Gasteiger partial charge is 0.463 e. The molecule has 1 aliphatic rings. The van der Waals surface area contributed by atoms with E-state index >= 15 is 0 Å². The molecule has 0 amide bonds. The maximum atomic E-state index is 14.0. The Labute approximate surface area is 183 Å². The van der Waals surface area contributed by atoms with Crippen molar-refractivity contribution >= 4 is 11.7 Å².